The molecule has 3 unspecified atom stereocenters. The van der Waals surface area contributed by atoms with E-state index in [1.54, 1.807) is 0 Å². The molecule has 20 heavy (non-hydrogen) atoms. The molecule has 0 aromatic rings. The lowest BCUT2D eigenvalue weighted by atomic mass is 9.82. The van der Waals surface area contributed by atoms with Crippen LogP contribution < -0.4 is 5.14 Å². The van der Waals surface area contributed by atoms with Crippen LogP contribution in [0.4, 0.5) is 0 Å². The van der Waals surface area contributed by atoms with E-state index in [4.69, 9.17) is 9.88 Å². The van der Waals surface area contributed by atoms with E-state index >= 15 is 0 Å². The standard InChI is InChI=1S/C15H31NO3S/c1-5-12-7-6-8-14(9-12)19-10-13(15(2,3)4)11-20(16,17)18/h12-14H,5-11H2,1-4H3,(H2,16,17,18). The number of sulfonamides is 1. The van der Waals surface area contributed by atoms with Crippen molar-refractivity contribution in [3.63, 3.8) is 0 Å². The van der Waals surface area contributed by atoms with Crippen molar-refractivity contribution in [3.8, 4) is 0 Å². The minimum absolute atomic E-state index is 0.000423. The summed E-state index contributed by atoms with van der Waals surface area (Å²) in [7, 11) is -3.45. The summed E-state index contributed by atoms with van der Waals surface area (Å²) in [6.45, 7) is 8.85. The highest BCUT2D eigenvalue weighted by Crippen LogP contribution is 2.31. The predicted octanol–water partition coefficient (Wildman–Crippen LogP) is 2.92. The van der Waals surface area contributed by atoms with Gasteiger partial charge in [-0.1, -0.05) is 47.0 Å². The molecule has 0 aliphatic heterocycles. The normalized spacial score (nSPS) is 26.4. The topological polar surface area (TPSA) is 69.4 Å². The maximum absolute atomic E-state index is 11.4. The van der Waals surface area contributed by atoms with Crippen LogP contribution >= 0.6 is 0 Å². The van der Waals surface area contributed by atoms with E-state index in [2.05, 4.69) is 6.92 Å². The molecule has 1 saturated carbocycles. The van der Waals surface area contributed by atoms with E-state index in [-0.39, 0.29) is 17.1 Å². The van der Waals surface area contributed by atoms with Crippen molar-refractivity contribution in [2.24, 2.45) is 22.4 Å². The van der Waals surface area contributed by atoms with Gasteiger partial charge in [-0.3, -0.25) is 0 Å². The molecule has 0 saturated heterocycles. The van der Waals surface area contributed by atoms with Gasteiger partial charge in [-0.25, -0.2) is 13.6 Å². The van der Waals surface area contributed by atoms with Crippen LogP contribution in [0.25, 0.3) is 0 Å². The highest BCUT2D eigenvalue weighted by atomic mass is 32.2. The molecule has 0 heterocycles. The summed E-state index contributed by atoms with van der Waals surface area (Å²) in [5.74, 6) is 0.708. The first kappa shape index (κ1) is 17.9. The van der Waals surface area contributed by atoms with Crippen molar-refractivity contribution < 1.29 is 13.2 Å². The van der Waals surface area contributed by atoms with Gasteiger partial charge in [0.05, 0.1) is 18.5 Å². The Bertz CT molecular complexity index is 386. The van der Waals surface area contributed by atoms with Crippen LogP contribution in [0.15, 0.2) is 0 Å². The predicted molar refractivity (Wildman–Crippen MR) is 82.9 cm³/mol. The molecule has 0 amide bonds. The molecule has 0 aromatic heterocycles. The van der Waals surface area contributed by atoms with E-state index in [0.29, 0.717) is 12.7 Å². The zero-order valence-corrected chi connectivity index (χ0v) is 14.2. The Labute approximate surface area is 124 Å². The molecule has 0 spiro atoms. The van der Waals surface area contributed by atoms with E-state index in [9.17, 15) is 8.42 Å². The Morgan fingerprint density at radius 1 is 1.30 bits per heavy atom. The molecule has 5 heteroatoms. The lowest BCUT2D eigenvalue weighted by Gasteiger charge is -2.34. The van der Waals surface area contributed by atoms with Gasteiger partial charge in [-0.15, -0.1) is 0 Å². The third-order valence-corrected chi connectivity index (χ3v) is 5.37. The zero-order chi connectivity index (χ0) is 15.4. The molecule has 1 aliphatic rings. The molecule has 0 radical (unpaired) electrons. The van der Waals surface area contributed by atoms with Crippen LogP contribution in [0.1, 0.15) is 59.8 Å². The Morgan fingerprint density at radius 3 is 2.45 bits per heavy atom. The molecule has 120 valence electrons. The molecule has 2 N–H and O–H groups in total. The van der Waals surface area contributed by atoms with Crippen LogP contribution in [0, 0.1) is 17.3 Å². The second-order valence-electron chi connectivity index (χ2n) is 7.29. The number of hydrogen-bond acceptors (Lipinski definition) is 3. The number of ether oxygens (including phenoxy) is 1. The highest BCUT2D eigenvalue weighted by molar-refractivity contribution is 7.89. The maximum Gasteiger partial charge on any atom is 0.209 e. The van der Waals surface area contributed by atoms with Gasteiger partial charge < -0.3 is 4.74 Å². The van der Waals surface area contributed by atoms with Crippen LogP contribution in [0.5, 0.6) is 0 Å². The van der Waals surface area contributed by atoms with Crippen LogP contribution in [-0.2, 0) is 14.8 Å². The highest BCUT2D eigenvalue weighted by Gasteiger charge is 2.30. The smallest absolute Gasteiger partial charge is 0.209 e. The summed E-state index contributed by atoms with van der Waals surface area (Å²) in [5, 5.41) is 5.20. The molecule has 1 rings (SSSR count). The first-order chi connectivity index (χ1) is 9.12. The number of rotatable bonds is 6. The molecule has 1 aliphatic carbocycles. The molecular weight excluding hydrogens is 274 g/mol. The monoisotopic (exact) mass is 305 g/mol. The Morgan fingerprint density at radius 2 is 1.95 bits per heavy atom. The minimum Gasteiger partial charge on any atom is -0.378 e. The van der Waals surface area contributed by atoms with Crippen molar-refractivity contribution >= 4 is 10.0 Å². The average Bonchev–Trinajstić information content (AvgIpc) is 2.32. The van der Waals surface area contributed by atoms with Crippen LogP contribution in [0.2, 0.25) is 0 Å². The molecule has 3 atom stereocenters. The summed E-state index contributed by atoms with van der Waals surface area (Å²) in [6, 6.07) is 0. The van der Waals surface area contributed by atoms with Gasteiger partial charge in [0, 0.05) is 5.92 Å². The first-order valence-corrected chi connectivity index (χ1v) is 9.45. The number of hydrogen-bond donors (Lipinski definition) is 1. The van der Waals surface area contributed by atoms with Crippen molar-refractivity contribution in [2.75, 3.05) is 12.4 Å². The summed E-state index contributed by atoms with van der Waals surface area (Å²) in [4.78, 5) is 0. The summed E-state index contributed by atoms with van der Waals surface area (Å²) >= 11 is 0. The largest absolute Gasteiger partial charge is 0.378 e. The quantitative estimate of drug-likeness (QED) is 0.820. The molecular formula is C15H31NO3S. The lowest BCUT2D eigenvalue weighted by Crippen LogP contribution is -2.36. The third-order valence-electron chi connectivity index (χ3n) is 4.50. The summed E-state index contributed by atoms with van der Waals surface area (Å²) < 4.78 is 28.7. The third kappa shape index (κ3) is 6.55. The van der Waals surface area contributed by atoms with Gasteiger partial charge in [-0.05, 0) is 24.2 Å². The fraction of sp³-hybridized carbons (Fsp3) is 1.00. The van der Waals surface area contributed by atoms with Gasteiger partial charge in [-0.2, -0.15) is 0 Å². The number of primary sulfonamides is 1. The second kappa shape index (κ2) is 7.23. The average molecular weight is 305 g/mol. The zero-order valence-electron chi connectivity index (χ0n) is 13.4. The van der Waals surface area contributed by atoms with Crippen molar-refractivity contribution in [1.29, 1.82) is 0 Å². The van der Waals surface area contributed by atoms with E-state index in [0.717, 1.165) is 18.8 Å². The molecule has 0 aromatic carbocycles. The van der Waals surface area contributed by atoms with Gasteiger partial charge in [0.15, 0.2) is 0 Å². The van der Waals surface area contributed by atoms with E-state index in [1.807, 2.05) is 20.8 Å². The molecule has 4 nitrogen and oxygen atoms in total. The lowest BCUT2D eigenvalue weighted by molar-refractivity contribution is -0.0202. The second-order valence-corrected chi connectivity index (χ2v) is 8.95. The fourth-order valence-corrected chi connectivity index (χ4v) is 4.00. The first-order valence-electron chi connectivity index (χ1n) is 7.74. The van der Waals surface area contributed by atoms with Crippen molar-refractivity contribution in [2.45, 2.75) is 65.9 Å². The molecule has 0 bridgehead atoms. The van der Waals surface area contributed by atoms with Gasteiger partial charge >= 0.3 is 0 Å². The van der Waals surface area contributed by atoms with Crippen molar-refractivity contribution in [1.82, 2.24) is 0 Å². The molecule has 1 fully saturated rings. The van der Waals surface area contributed by atoms with E-state index < -0.39 is 10.0 Å². The van der Waals surface area contributed by atoms with Crippen molar-refractivity contribution in [3.05, 3.63) is 0 Å². The van der Waals surface area contributed by atoms with Gasteiger partial charge in [0.25, 0.3) is 0 Å². The summed E-state index contributed by atoms with van der Waals surface area (Å²) in [6.07, 6.45) is 6.24. The Hall–Kier alpha value is -0.130. The minimum atomic E-state index is -3.45. The van der Waals surface area contributed by atoms with Crippen LogP contribution in [-0.4, -0.2) is 26.9 Å². The Balaban J connectivity index is 2.54. The Kier molecular flexibility index (Phi) is 6.48. The fourth-order valence-electron chi connectivity index (χ4n) is 2.84. The SMILES string of the molecule is CCC1CCCC(OCC(CS(N)(=O)=O)C(C)(C)C)C1. The van der Waals surface area contributed by atoms with E-state index in [1.165, 1.54) is 19.3 Å². The van der Waals surface area contributed by atoms with Gasteiger partial charge in [0.2, 0.25) is 10.0 Å². The van der Waals surface area contributed by atoms with Gasteiger partial charge in [0.1, 0.15) is 0 Å². The number of nitrogens with two attached hydrogens (primary N) is 1. The maximum atomic E-state index is 11.4. The summed E-state index contributed by atoms with van der Waals surface area (Å²) in [5.41, 5.74) is -0.120. The van der Waals surface area contributed by atoms with Crippen LogP contribution in [0.3, 0.4) is 0 Å².